The molecular formula is C31H35NO4S. The van der Waals surface area contributed by atoms with Crippen molar-refractivity contribution in [2.45, 2.75) is 65.6 Å². The van der Waals surface area contributed by atoms with Crippen molar-refractivity contribution in [3.8, 4) is 16.3 Å². The van der Waals surface area contributed by atoms with Gasteiger partial charge >= 0.3 is 5.97 Å². The van der Waals surface area contributed by atoms with Crippen LogP contribution in [0.2, 0.25) is 0 Å². The van der Waals surface area contributed by atoms with Crippen LogP contribution in [0.4, 0.5) is 0 Å². The molecule has 0 radical (unpaired) electrons. The Labute approximate surface area is 223 Å². The zero-order chi connectivity index (χ0) is 26.5. The number of aromatic nitrogens is 1. The number of ether oxygens (including phenoxy) is 2. The number of carbonyl (C=O) groups is 1. The highest BCUT2D eigenvalue weighted by atomic mass is 32.1. The number of rotatable bonds is 11. The van der Waals surface area contributed by atoms with Crippen LogP contribution >= 0.6 is 11.3 Å². The molecule has 37 heavy (non-hydrogen) atoms. The van der Waals surface area contributed by atoms with Gasteiger partial charge in [0.2, 0.25) is 0 Å². The Bertz CT molecular complexity index is 1360. The summed E-state index contributed by atoms with van der Waals surface area (Å²) in [6.07, 6.45) is -0.0402. The highest BCUT2D eigenvalue weighted by molar-refractivity contribution is 7.15. The third-order valence-electron chi connectivity index (χ3n) is 6.40. The molecule has 1 heterocycles. The van der Waals surface area contributed by atoms with Crippen LogP contribution in [0, 0.1) is 6.92 Å². The molecule has 5 nitrogen and oxygen atoms in total. The van der Waals surface area contributed by atoms with Gasteiger partial charge in [0.05, 0.1) is 18.4 Å². The van der Waals surface area contributed by atoms with Crippen molar-refractivity contribution in [2.24, 2.45) is 0 Å². The molecule has 3 aromatic carbocycles. The van der Waals surface area contributed by atoms with Gasteiger partial charge in [0, 0.05) is 28.7 Å². The zero-order valence-corrected chi connectivity index (χ0v) is 23.0. The summed E-state index contributed by atoms with van der Waals surface area (Å²) in [5, 5.41) is 12.6. The van der Waals surface area contributed by atoms with Crippen LogP contribution in [0.15, 0.2) is 60.7 Å². The topological polar surface area (TPSA) is 68.7 Å². The van der Waals surface area contributed by atoms with Crippen LogP contribution < -0.4 is 4.74 Å². The molecule has 4 rings (SSSR count). The SMILES string of the molecule is Cc1sc(-c2ccc(C(C)C)cc2)nc1CCOc1ccc(CC(OC(C)C)C(=O)O)c2ccccc12. The van der Waals surface area contributed by atoms with E-state index in [4.69, 9.17) is 14.5 Å². The lowest BCUT2D eigenvalue weighted by atomic mass is 9.99. The van der Waals surface area contributed by atoms with Crippen LogP contribution in [0.3, 0.4) is 0 Å². The first-order chi connectivity index (χ1) is 17.7. The van der Waals surface area contributed by atoms with Gasteiger partial charge in [-0.2, -0.15) is 0 Å². The summed E-state index contributed by atoms with van der Waals surface area (Å²) >= 11 is 1.72. The van der Waals surface area contributed by atoms with Gasteiger partial charge in [0.1, 0.15) is 10.8 Å². The average Bonchev–Trinajstić information content (AvgIpc) is 3.24. The fourth-order valence-electron chi connectivity index (χ4n) is 4.41. The van der Waals surface area contributed by atoms with Crippen molar-refractivity contribution in [2.75, 3.05) is 6.61 Å². The van der Waals surface area contributed by atoms with Crippen molar-refractivity contribution < 1.29 is 19.4 Å². The van der Waals surface area contributed by atoms with E-state index in [0.717, 1.165) is 38.4 Å². The second kappa shape index (κ2) is 11.9. The summed E-state index contributed by atoms with van der Waals surface area (Å²) < 4.78 is 11.9. The van der Waals surface area contributed by atoms with Gasteiger partial charge in [-0.25, -0.2) is 9.78 Å². The zero-order valence-electron chi connectivity index (χ0n) is 22.2. The molecule has 0 aliphatic heterocycles. The molecule has 4 aromatic rings. The standard InChI is InChI=1S/C31H35NO4S/c1-19(2)22-10-12-23(13-11-22)30-32-27(21(5)37-30)16-17-35-28-15-14-24(25-8-6-7-9-26(25)28)18-29(31(33)34)36-20(3)4/h6-15,19-20,29H,16-18H2,1-5H3,(H,33,34). The number of nitrogens with zero attached hydrogens (tertiary/aromatic N) is 1. The van der Waals surface area contributed by atoms with Crippen LogP contribution in [0.25, 0.3) is 21.3 Å². The van der Waals surface area contributed by atoms with Gasteiger partial charge < -0.3 is 14.6 Å². The lowest BCUT2D eigenvalue weighted by molar-refractivity contribution is -0.153. The second-order valence-corrected chi connectivity index (χ2v) is 11.1. The van der Waals surface area contributed by atoms with Crippen molar-refractivity contribution >= 4 is 28.1 Å². The summed E-state index contributed by atoms with van der Waals surface area (Å²) in [5.41, 5.74) is 4.46. The molecule has 6 heteroatoms. The minimum Gasteiger partial charge on any atom is -0.493 e. The summed E-state index contributed by atoms with van der Waals surface area (Å²) in [6, 6.07) is 20.5. The molecule has 0 spiro atoms. The molecular weight excluding hydrogens is 482 g/mol. The molecule has 0 bridgehead atoms. The van der Waals surface area contributed by atoms with Crippen molar-refractivity contribution in [1.82, 2.24) is 4.98 Å². The first kappa shape index (κ1) is 26.8. The molecule has 0 amide bonds. The number of fused-ring (bicyclic) bond motifs is 1. The Kier molecular flexibility index (Phi) is 8.62. The summed E-state index contributed by atoms with van der Waals surface area (Å²) in [7, 11) is 0. The maximum absolute atomic E-state index is 11.7. The predicted molar refractivity (Wildman–Crippen MR) is 151 cm³/mol. The maximum Gasteiger partial charge on any atom is 0.333 e. The fraction of sp³-hybridized carbons (Fsp3) is 0.355. The number of hydrogen-bond acceptors (Lipinski definition) is 5. The number of benzene rings is 3. The molecule has 0 aliphatic rings. The van der Waals surface area contributed by atoms with E-state index in [1.165, 1.54) is 10.4 Å². The first-order valence-corrected chi connectivity index (χ1v) is 13.6. The van der Waals surface area contributed by atoms with Gasteiger partial charge in [0.25, 0.3) is 0 Å². The van der Waals surface area contributed by atoms with E-state index in [0.29, 0.717) is 25.4 Å². The quantitative estimate of drug-likeness (QED) is 0.224. The molecule has 1 N–H and O–H groups in total. The van der Waals surface area contributed by atoms with Crippen molar-refractivity contribution in [3.63, 3.8) is 0 Å². The van der Waals surface area contributed by atoms with E-state index in [1.807, 2.05) is 50.2 Å². The van der Waals surface area contributed by atoms with Crippen molar-refractivity contribution in [3.05, 3.63) is 82.4 Å². The van der Waals surface area contributed by atoms with E-state index in [-0.39, 0.29) is 6.10 Å². The third-order valence-corrected chi connectivity index (χ3v) is 7.47. The highest BCUT2D eigenvalue weighted by Crippen LogP contribution is 2.31. The molecule has 0 fully saturated rings. The predicted octanol–water partition coefficient (Wildman–Crippen LogP) is 7.44. The fourth-order valence-corrected chi connectivity index (χ4v) is 5.38. The number of hydrogen-bond donors (Lipinski definition) is 1. The van der Waals surface area contributed by atoms with Gasteiger partial charge in [-0.3, -0.25) is 0 Å². The minimum atomic E-state index is -0.952. The van der Waals surface area contributed by atoms with Crippen LogP contribution in [-0.2, 0) is 22.4 Å². The Morgan fingerprint density at radius 2 is 1.68 bits per heavy atom. The van der Waals surface area contributed by atoms with Crippen LogP contribution in [-0.4, -0.2) is 34.9 Å². The average molecular weight is 518 g/mol. The second-order valence-electron chi connectivity index (χ2n) is 9.88. The molecule has 1 aromatic heterocycles. The lowest BCUT2D eigenvalue weighted by Crippen LogP contribution is -2.29. The molecule has 194 valence electrons. The number of aryl methyl sites for hydroxylation is 1. The number of carboxylic acids is 1. The van der Waals surface area contributed by atoms with Gasteiger partial charge in [-0.1, -0.05) is 68.4 Å². The van der Waals surface area contributed by atoms with E-state index in [9.17, 15) is 9.90 Å². The Hall–Kier alpha value is -3.22. The van der Waals surface area contributed by atoms with E-state index in [1.54, 1.807) is 11.3 Å². The van der Waals surface area contributed by atoms with Gasteiger partial charge in [0.15, 0.2) is 6.10 Å². The smallest absolute Gasteiger partial charge is 0.333 e. The maximum atomic E-state index is 11.7. The van der Waals surface area contributed by atoms with E-state index in [2.05, 4.69) is 45.0 Å². The number of carboxylic acid groups (broad SMARTS) is 1. The minimum absolute atomic E-state index is 0.163. The van der Waals surface area contributed by atoms with Crippen LogP contribution in [0.1, 0.15) is 55.3 Å². The molecule has 0 saturated heterocycles. The van der Waals surface area contributed by atoms with Gasteiger partial charge in [-0.05, 0) is 49.3 Å². The summed E-state index contributed by atoms with van der Waals surface area (Å²) in [5.74, 6) is 0.345. The van der Waals surface area contributed by atoms with Crippen LogP contribution in [0.5, 0.6) is 5.75 Å². The molecule has 0 aliphatic carbocycles. The molecule has 1 unspecified atom stereocenters. The van der Waals surface area contributed by atoms with E-state index >= 15 is 0 Å². The van der Waals surface area contributed by atoms with Crippen molar-refractivity contribution in [1.29, 1.82) is 0 Å². The Balaban J connectivity index is 1.47. The molecule has 0 saturated carbocycles. The summed E-state index contributed by atoms with van der Waals surface area (Å²) in [6.45, 7) is 10.7. The largest absolute Gasteiger partial charge is 0.493 e. The first-order valence-electron chi connectivity index (χ1n) is 12.8. The number of thiazole rings is 1. The highest BCUT2D eigenvalue weighted by Gasteiger charge is 2.22. The summed E-state index contributed by atoms with van der Waals surface area (Å²) in [4.78, 5) is 17.8. The normalized spacial score (nSPS) is 12.4. The van der Waals surface area contributed by atoms with Gasteiger partial charge in [-0.15, -0.1) is 11.3 Å². The molecule has 1 atom stereocenters. The third kappa shape index (κ3) is 6.56. The monoisotopic (exact) mass is 517 g/mol. The Morgan fingerprint density at radius 3 is 2.32 bits per heavy atom. The lowest BCUT2D eigenvalue weighted by Gasteiger charge is -2.18. The van der Waals surface area contributed by atoms with E-state index < -0.39 is 12.1 Å². The number of aliphatic carboxylic acids is 1. The Morgan fingerprint density at radius 1 is 0.973 bits per heavy atom.